The van der Waals surface area contributed by atoms with Gasteiger partial charge < -0.3 is 5.32 Å². The molecule has 1 aliphatic heterocycles. The summed E-state index contributed by atoms with van der Waals surface area (Å²) in [6.45, 7) is 3.51. The van der Waals surface area contributed by atoms with Crippen LogP contribution >= 0.6 is 15.9 Å². The molecule has 1 aliphatic rings. The minimum Gasteiger partial charge on any atom is -0.348 e. The van der Waals surface area contributed by atoms with E-state index in [1.807, 2.05) is 18.2 Å². The minimum atomic E-state index is -3.65. The monoisotopic (exact) mass is 479 g/mol. The Balaban J connectivity index is 1.73. The van der Waals surface area contributed by atoms with Gasteiger partial charge in [0.1, 0.15) is 0 Å². The number of hydrogen-bond acceptors (Lipinski definition) is 4. The van der Waals surface area contributed by atoms with Gasteiger partial charge in [0.2, 0.25) is 10.0 Å². The summed E-state index contributed by atoms with van der Waals surface area (Å²) in [6.07, 6.45) is 2.47. The molecule has 0 bridgehead atoms. The molecule has 1 saturated heterocycles. The van der Waals surface area contributed by atoms with E-state index in [2.05, 4.69) is 32.2 Å². The lowest BCUT2D eigenvalue weighted by atomic mass is 10.1. The van der Waals surface area contributed by atoms with Gasteiger partial charge in [0.25, 0.3) is 5.91 Å². The first kappa shape index (κ1) is 22.0. The smallest absolute Gasteiger partial charge is 0.251 e. The fourth-order valence-electron chi connectivity index (χ4n) is 3.38. The molecular formula is C21H26BrN3O3S. The lowest BCUT2D eigenvalue weighted by molar-refractivity contribution is 0.0950. The van der Waals surface area contributed by atoms with E-state index in [1.165, 1.54) is 38.6 Å². The van der Waals surface area contributed by atoms with Gasteiger partial charge in [-0.3, -0.25) is 9.69 Å². The highest BCUT2D eigenvalue weighted by molar-refractivity contribution is 9.10. The van der Waals surface area contributed by atoms with Crippen LogP contribution < -0.4 is 5.32 Å². The molecule has 0 aliphatic carbocycles. The zero-order chi connectivity index (χ0) is 21.0. The van der Waals surface area contributed by atoms with E-state index in [0.717, 1.165) is 29.5 Å². The quantitative estimate of drug-likeness (QED) is 0.661. The largest absolute Gasteiger partial charge is 0.348 e. The third-order valence-electron chi connectivity index (χ3n) is 5.10. The van der Waals surface area contributed by atoms with Crippen LogP contribution in [-0.2, 0) is 23.1 Å². The maximum absolute atomic E-state index is 12.7. The van der Waals surface area contributed by atoms with Crippen LogP contribution in [0.1, 0.15) is 34.3 Å². The standard InChI is InChI=1S/C21H26BrN3O3S/c1-24(2)29(27,28)20-13-16(9-10-19(20)22)21(26)23-14-17-7-3-4-8-18(17)15-25-11-5-6-12-25/h3-4,7-10,13H,5-6,11-12,14-15H2,1-2H3,(H,23,26). The second-order valence-electron chi connectivity index (χ2n) is 7.37. The van der Waals surface area contributed by atoms with Crippen LogP contribution in [0.5, 0.6) is 0 Å². The number of rotatable bonds is 7. The number of nitrogens with zero attached hydrogens (tertiary/aromatic N) is 2. The van der Waals surface area contributed by atoms with Crippen molar-refractivity contribution in [1.29, 1.82) is 0 Å². The molecule has 0 spiro atoms. The summed E-state index contributed by atoms with van der Waals surface area (Å²) < 4.78 is 26.5. The molecule has 0 unspecified atom stereocenters. The summed E-state index contributed by atoms with van der Waals surface area (Å²) in [6, 6.07) is 12.7. The Labute approximate surface area is 181 Å². The summed E-state index contributed by atoms with van der Waals surface area (Å²) >= 11 is 3.27. The van der Waals surface area contributed by atoms with E-state index in [9.17, 15) is 13.2 Å². The van der Waals surface area contributed by atoms with E-state index in [4.69, 9.17) is 0 Å². The molecular weight excluding hydrogens is 454 g/mol. The van der Waals surface area contributed by atoms with Crippen LogP contribution in [0.4, 0.5) is 0 Å². The maximum Gasteiger partial charge on any atom is 0.251 e. The van der Waals surface area contributed by atoms with Gasteiger partial charge in [-0.25, -0.2) is 12.7 Å². The second-order valence-corrected chi connectivity index (χ2v) is 10.3. The van der Waals surface area contributed by atoms with E-state index >= 15 is 0 Å². The number of halogens is 1. The Morgan fingerprint density at radius 3 is 2.41 bits per heavy atom. The van der Waals surface area contributed by atoms with Crippen molar-refractivity contribution < 1.29 is 13.2 Å². The van der Waals surface area contributed by atoms with E-state index in [-0.39, 0.29) is 10.8 Å². The Bertz CT molecular complexity index is 986. The molecule has 8 heteroatoms. The topological polar surface area (TPSA) is 69.7 Å². The zero-order valence-corrected chi connectivity index (χ0v) is 19.1. The highest BCUT2D eigenvalue weighted by Gasteiger charge is 2.22. The van der Waals surface area contributed by atoms with Crippen molar-refractivity contribution in [3.05, 3.63) is 63.6 Å². The van der Waals surface area contributed by atoms with Gasteiger partial charge in [-0.1, -0.05) is 24.3 Å². The van der Waals surface area contributed by atoms with Gasteiger partial charge in [-0.2, -0.15) is 0 Å². The van der Waals surface area contributed by atoms with Crippen molar-refractivity contribution in [2.24, 2.45) is 0 Å². The predicted molar refractivity (Wildman–Crippen MR) is 117 cm³/mol. The average molecular weight is 480 g/mol. The number of carbonyl (C=O) groups excluding carboxylic acids is 1. The van der Waals surface area contributed by atoms with E-state index in [0.29, 0.717) is 16.6 Å². The maximum atomic E-state index is 12.7. The fourth-order valence-corrected chi connectivity index (χ4v) is 5.23. The van der Waals surface area contributed by atoms with Crippen LogP contribution in [0.25, 0.3) is 0 Å². The highest BCUT2D eigenvalue weighted by atomic mass is 79.9. The van der Waals surface area contributed by atoms with Crippen LogP contribution in [0.2, 0.25) is 0 Å². The van der Waals surface area contributed by atoms with Crippen LogP contribution in [0.15, 0.2) is 51.8 Å². The minimum absolute atomic E-state index is 0.0737. The van der Waals surface area contributed by atoms with Crippen molar-refractivity contribution in [2.75, 3.05) is 27.2 Å². The average Bonchev–Trinajstić information content (AvgIpc) is 3.20. The molecule has 0 aromatic heterocycles. The van der Waals surface area contributed by atoms with Gasteiger partial charge >= 0.3 is 0 Å². The first-order valence-corrected chi connectivity index (χ1v) is 11.8. The Hall–Kier alpha value is -1.74. The molecule has 1 heterocycles. The zero-order valence-electron chi connectivity index (χ0n) is 16.7. The molecule has 1 N–H and O–H groups in total. The van der Waals surface area contributed by atoms with Crippen molar-refractivity contribution in [3.63, 3.8) is 0 Å². The summed E-state index contributed by atoms with van der Waals surface area (Å²) in [7, 11) is -0.722. The Morgan fingerprint density at radius 2 is 1.76 bits per heavy atom. The predicted octanol–water partition coefficient (Wildman–Crippen LogP) is 3.23. The summed E-state index contributed by atoms with van der Waals surface area (Å²) in [4.78, 5) is 15.2. The SMILES string of the molecule is CN(C)S(=O)(=O)c1cc(C(=O)NCc2ccccc2CN2CCCC2)ccc1Br. The van der Waals surface area contributed by atoms with E-state index in [1.54, 1.807) is 12.1 Å². The first-order valence-electron chi connectivity index (χ1n) is 9.58. The third-order valence-corrected chi connectivity index (χ3v) is 7.91. The molecule has 2 aromatic rings. The van der Waals surface area contributed by atoms with Crippen LogP contribution in [0.3, 0.4) is 0 Å². The molecule has 29 heavy (non-hydrogen) atoms. The first-order chi connectivity index (χ1) is 13.8. The lowest BCUT2D eigenvalue weighted by Gasteiger charge is -2.18. The fraction of sp³-hybridized carbons (Fsp3) is 0.381. The summed E-state index contributed by atoms with van der Waals surface area (Å²) in [5, 5.41) is 2.93. The van der Waals surface area contributed by atoms with Crippen molar-refractivity contribution >= 4 is 31.9 Å². The third kappa shape index (κ3) is 5.25. The molecule has 0 atom stereocenters. The number of sulfonamides is 1. The Morgan fingerprint density at radius 1 is 1.10 bits per heavy atom. The van der Waals surface area contributed by atoms with Gasteiger partial charge in [0.05, 0.1) is 4.90 Å². The molecule has 6 nitrogen and oxygen atoms in total. The second kappa shape index (κ2) is 9.38. The molecule has 3 rings (SSSR count). The number of amides is 1. The van der Waals surface area contributed by atoms with Gasteiger partial charge in [0, 0.05) is 37.2 Å². The molecule has 2 aromatic carbocycles. The highest BCUT2D eigenvalue weighted by Crippen LogP contribution is 2.25. The van der Waals surface area contributed by atoms with Crippen LogP contribution in [0, 0.1) is 0 Å². The number of benzene rings is 2. The van der Waals surface area contributed by atoms with Gasteiger partial charge in [0.15, 0.2) is 0 Å². The number of likely N-dealkylation sites (tertiary alicyclic amines) is 1. The normalized spacial score (nSPS) is 15.0. The van der Waals surface area contributed by atoms with Crippen molar-refractivity contribution in [2.45, 2.75) is 30.8 Å². The number of nitrogens with one attached hydrogen (secondary N) is 1. The van der Waals surface area contributed by atoms with Crippen LogP contribution in [-0.4, -0.2) is 50.7 Å². The van der Waals surface area contributed by atoms with E-state index < -0.39 is 10.0 Å². The number of carbonyl (C=O) groups is 1. The molecule has 156 valence electrons. The molecule has 0 saturated carbocycles. The van der Waals surface area contributed by atoms with Gasteiger partial charge in [-0.15, -0.1) is 0 Å². The summed E-state index contributed by atoms with van der Waals surface area (Å²) in [5.41, 5.74) is 2.60. The molecule has 1 amide bonds. The molecule has 0 radical (unpaired) electrons. The Kier molecular flexibility index (Phi) is 7.10. The summed E-state index contributed by atoms with van der Waals surface area (Å²) in [5.74, 6) is -0.302. The van der Waals surface area contributed by atoms with Crippen molar-refractivity contribution in [3.8, 4) is 0 Å². The van der Waals surface area contributed by atoms with Crippen molar-refractivity contribution in [1.82, 2.24) is 14.5 Å². The lowest BCUT2D eigenvalue weighted by Crippen LogP contribution is -2.26. The number of hydrogen-bond donors (Lipinski definition) is 1. The molecule has 1 fully saturated rings. The van der Waals surface area contributed by atoms with Gasteiger partial charge in [-0.05, 0) is 71.2 Å².